The molecule has 0 saturated heterocycles. The number of esters is 1. The van der Waals surface area contributed by atoms with Gasteiger partial charge < -0.3 is 9.47 Å². The molecule has 3 heteroatoms. The molecule has 0 saturated carbocycles. The van der Waals surface area contributed by atoms with Crippen LogP contribution in [0.2, 0.25) is 0 Å². The van der Waals surface area contributed by atoms with Crippen molar-refractivity contribution in [1.82, 2.24) is 0 Å². The molecule has 0 aliphatic heterocycles. The van der Waals surface area contributed by atoms with Gasteiger partial charge in [-0.2, -0.15) is 0 Å². The minimum Gasteiger partial charge on any atom is -0.496 e. The van der Waals surface area contributed by atoms with Crippen LogP contribution in [0.3, 0.4) is 0 Å². The van der Waals surface area contributed by atoms with E-state index in [2.05, 4.69) is 58.2 Å². The predicted octanol–water partition coefficient (Wildman–Crippen LogP) is 6.02. The van der Waals surface area contributed by atoms with Crippen molar-refractivity contribution in [2.45, 2.75) is 52.9 Å². The molecule has 0 aromatic heterocycles. The standard InChI is InChI=1S/C26H32O3/c1-9-11-20-15-22(13-17(3)24(20)28-8)26(6,7)23-14-18(4)25(29-19(5)27)21(16-23)12-10-2/h9-10,13-16H,1-2,11-12H2,3-8H3. The summed E-state index contributed by atoms with van der Waals surface area (Å²) >= 11 is 0. The van der Waals surface area contributed by atoms with Gasteiger partial charge in [-0.25, -0.2) is 0 Å². The number of carbonyl (C=O) groups is 1. The Morgan fingerprint density at radius 2 is 1.38 bits per heavy atom. The summed E-state index contributed by atoms with van der Waals surface area (Å²) in [5.41, 5.74) is 6.27. The van der Waals surface area contributed by atoms with Gasteiger partial charge in [0.25, 0.3) is 0 Å². The number of methoxy groups -OCH3 is 1. The summed E-state index contributed by atoms with van der Waals surface area (Å²) in [4.78, 5) is 11.6. The number of hydrogen-bond donors (Lipinski definition) is 0. The third-order valence-electron chi connectivity index (χ3n) is 5.32. The minimum absolute atomic E-state index is 0.248. The highest BCUT2D eigenvalue weighted by Gasteiger charge is 2.27. The maximum atomic E-state index is 11.6. The van der Waals surface area contributed by atoms with Crippen LogP contribution in [-0.2, 0) is 23.1 Å². The highest BCUT2D eigenvalue weighted by Crippen LogP contribution is 2.39. The molecule has 2 aromatic carbocycles. The molecule has 0 aliphatic rings. The van der Waals surface area contributed by atoms with E-state index in [9.17, 15) is 4.79 Å². The maximum Gasteiger partial charge on any atom is 0.308 e. The molecule has 0 unspecified atom stereocenters. The first-order chi connectivity index (χ1) is 13.6. The van der Waals surface area contributed by atoms with E-state index in [0.29, 0.717) is 12.2 Å². The van der Waals surface area contributed by atoms with E-state index in [0.717, 1.165) is 40.0 Å². The average Bonchev–Trinajstić information content (AvgIpc) is 2.64. The Bertz CT molecular complexity index is 935. The zero-order valence-electron chi connectivity index (χ0n) is 18.5. The van der Waals surface area contributed by atoms with Crippen molar-refractivity contribution in [3.8, 4) is 11.5 Å². The second-order valence-electron chi connectivity index (χ2n) is 7.97. The summed E-state index contributed by atoms with van der Waals surface area (Å²) in [6.07, 6.45) is 5.11. The van der Waals surface area contributed by atoms with Crippen LogP contribution in [0.15, 0.2) is 49.6 Å². The van der Waals surface area contributed by atoms with Crippen molar-refractivity contribution in [1.29, 1.82) is 0 Å². The summed E-state index contributed by atoms with van der Waals surface area (Å²) in [5, 5.41) is 0. The Morgan fingerprint density at radius 1 is 0.931 bits per heavy atom. The van der Waals surface area contributed by atoms with Gasteiger partial charge >= 0.3 is 5.97 Å². The fourth-order valence-electron chi connectivity index (χ4n) is 3.78. The molecule has 154 valence electrons. The van der Waals surface area contributed by atoms with Crippen molar-refractivity contribution in [2.75, 3.05) is 7.11 Å². The summed E-state index contributed by atoms with van der Waals surface area (Å²) in [7, 11) is 1.71. The number of ether oxygens (including phenoxy) is 2. The van der Waals surface area contributed by atoms with Gasteiger partial charge in [0.1, 0.15) is 11.5 Å². The molecule has 0 bridgehead atoms. The van der Waals surface area contributed by atoms with Crippen LogP contribution in [0, 0.1) is 13.8 Å². The molecule has 29 heavy (non-hydrogen) atoms. The van der Waals surface area contributed by atoms with Crippen LogP contribution in [0.25, 0.3) is 0 Å². The number of benzene rings is 2. The van der Waals surface area contributed by atoms with Crippen molar-refractivity contribution in [3.63, 3.8) is 0 Å². The van der Waals surface area contributed by atoms with Crippen LogP contribution in [0.4, 0.5) is 0 Å². The van der Waals surface area contributed by atoms with Gasteiger partial charge in [0.2, 0.25) is 0 Å². The Hall–Kier alpha value is -2.81. The molecule has 0 fully saturated rings. The smallest absolute Gasteiger partial charge is 0.308 e. The van der Waals surface area contributed by atoms with Gasteiger partial charge in [0.15, 0.2) is 0 Å². The second-order valence-corrected chi connectivity index (χ2v) is 7.97. The molecule has 0 spiro atoms. The van der Waals surface area contributed by atoms with Crippen LogP contribution in [-0.4, -0.2) is 13.1 Å². The summed E-state index contributed by atoms with van der Waals surface area (Å²) in [6, 6.07) is 8.63. The van der Waals surface area contributed by atoms with Crippen molar-refractivity contribution >= 4 is 5.97 Å². The molecule has 0 N–H and O–H groups in total. The SMILES string of the molecule is C=CCc1cc(C(C)(C)c2cc(C)c(OC(C)=O)c(CC=C)c2)cc(C)c1OC. The monoisotopic (exact) mass is 392 g/mol. The topological polar surface area (TPSA) is 35.5 Å². The first kappa shape index (κ1) is 22.5. The number of rotatable bonds is 8. The number of hydrogen-bond acceptors (Lipinski definition) is 3. The zero-order chi connectivity index (χ0) is 21.8. The van der Waals surface area contributed by atoms with E-state index in [1.54, 1.807) is 7.11 Å². The predicted molar refractivity (Wildman–Crippen MR) is 120 cm³/mol. The molecule has 2 aromatic rings. The molecule has 0 radical (unpaired) electrons. The molecule has 0 heterocycles. The van der Waals surface area contributed by atoms with Crippen LogP contribution in [0.5, 0.6) is 11.5 Å². The summed E-state index contributed by atoms with van der Waals surface area (Å²) in [6.45, 7) is 17.6. The molecular formula is C26H32O3. The molecule has 0 aliphatic carbocycles. The highest BCUT2D eigenvalue weighted by atomic mass is 16.5. The number of carbonyl (C=O) groups excluding carboxylic acids is 1. The second kappa shape index (κ2) is 9.13. The molecule has 0 amide bonds. The van der Waals surface area contributed by atoms with E-state index in [1.807, 2.05) is 19.1 Å². The van der Waals surface area contributed by atoms with Crippen molar-refractivity contribution in [2.24, 2.45) is 0 Å². The average molecular weight is 393 g/mol. The third kappa shape index (κ3) is 4.79. The van der Waals surface area contributed by atoms with Gasteiger partial charge in [0.05, 0.1) is 7.11 Å². The number of aryl methyl sites for hydroxylation is 2. The van der Waals surface area contributed by atoms with E-state index in [1.165, 1.54) is 12.5 Å². The third-order valence-corrected chi connectivity index (χ3v) is 5.32. The van der Waals surface area contributed by atoms with Crippen LogP contribution < -0.4 is 9.47 Å². The number of allylic oxidation sites excluding steroid dienone is 2. The Kier molecular flexibility index (Phi) is 7.07. The fourth-order valence-corrected chi connectivity index (χ4v) is 3.78. The van der Waals surface area contributed by atoms with Gasteiger partial charge in [-0.15, -0.1) is 13.2 Å². The fraction of sp³-hybridized carbons (Fsp3) is 0.346. The lowest BCUT2D eigenvalue weighted by Gasteiger charge is -2.29. The normalized spacial score (nSPS) is 11.1. The molecule has 3 nitrogen and oxygen atoms in total. The Labute approximate surface area is 175 Å². The maximum absolute atomic E-state index is 11.6. The van der Waals surface area contributed by atoms with Gasteiger partial charge in [0, 0.05) is 12.3 Å². The van der Waals surface area contributed by atoms with Gasteiger partial charge in [-0.3, -0.25) is 4.79 Å². The van der Waals surface area contributed by atoms with Crippen molar-refractivity contribution in [3.05, 3.63) is 83.0 Å². The molecule has 2 rings (SSSR count). The van der Waals surface area contributed by atoms with E-state index in [4.69, 9.17) is 9.47 Å². The van der Waals surface area contributed by atoms with Crippen molar-refractivity contribution < 1.29 is 14.3 Å². The molecular weight excluding hydrogens is 360 g/mol. The molecule has 0 atom stereocenters. The van der Waals surface area contributed by atoms with Gasteiger partial charge in [-0.1, -0.05) is 50.3 Å². The zero-order valence-corrected chi connectivity index (χ0v) is 18.5. The largest absolute Gasteiger partial charge is 0.496 e. The van der Waals surface area contributed by atoms with E-state index >= 15 is 0 Å². The van der Waals surface area contributed by atoms with E-state index in [-0.39, 0.29) is 11.4 Å². The van der Waals surface area contributed by atoms with Gasteiger partial charge in [-0.05, 0) is 60.1 Å². The minimum atomic E-state index is -0.315. The van der Waals surface area contributed by atoms with Crippen LogP contribution >= 0.6 is 0 Å². The summed E-state index contributed by atoms with van der Waals surface area (Å²) < 4.78 is 11.1. The lowest BCUT2D eigenvalue weighted by atomic mass is 9.75. The van der Waals surface area contributed by atoms with Crippen LogP contribution in [0.1, 0.15) is 54.2 Å². The lowest BCUT2D eigenvalue weighted by molar-refractivity contribution is -0.131. The van der Waals surface area contributed by atoms with E-state index < -0.39 is 0 Å². The first-order valence-corrected chi connectivity index (χ1v) is 9.87. The highest BCUT2D eigenvalue weighted by molar-refractivity contribution is 5.71. The Balaban J connectivity index is 2.65. The lowest BCUT2D eigenvalue weighted by Crippen LogP contribution is -2.21. The Morgan fingerprint density at radius 3 is 1.79 bits per heavy atom. The quantitative estimate of drug-likeness (QED) is 0.313. The summed E-state index contributed by atoms with van der Waals surface area (Å²) in [5.74, 6) is 1.23. The first-order valence-electron chi connectivity index (χ1n) is 9.87.